The molecule has 1 aliphatic rings. The largest absolute Gasteiger partial charge is 0.496 e. The summed E-state index contributed by atoms with van der Waals surface area (Å²) >= 11 is 0. The monoisotopic (exact) mass is 259 g/mol. The average Bonchev–Trinajstić information content (AvgIpc) is 2.35. The number of methoxy groups -OCH3 is 1. The van der Waals surface area contributed by atoms with Gasteiger partial charge in [0.05, 0.1) is 7.11 Å². The Morgan fingerprint density at radius 3 is 2.74 bits per heavy atom. The summed E-state index contributed by atoms with van der Waals surface area (Å²) in [7, 11) is 1.72. The van der Waals surface area contributed by atoms with Crippen LogP contribution in [-0.4, -0.2) is 13.7 Å². The van der Waals surface area contributed by atoms with Crippen LogP contribution in [-0.2, 0) is 0 Å². The van der Waals surface area contributed by atoms with Crippen molar-refractivity contribution in [3.05, 3.63) is 35.4 Å². The smallest absolute Gasteiger partial charge is 0.121 e. The van der Waals surface area contributed by atoms with Gasteiger partial charge < -0.3 is 10.1 Å². The van der Waals surface area contributed by atoms with Gasteiger partial charge in [0, 0.05) is 12.2 Å². The summed E-state index contributed by atoms with van der Waals surface area (Å²) in [5.74, 6) is 2.43. The van der Waals surface area contributed by atoms with Crippen molar-refractivity contribution in [1.29, 1.82) is 0 Å². The first kappa shape index (κ1) is 14.0. The van der Waals surface area contributed by atoms with E-state index in [1.165, 1.54) is 29.7 Å². The Balaban J connectivity index is 1.92. The number of rotatable bonds is 4. The number of hydrogen-bond acceptors (Lipinski definition) is 2. The molecule has 0 heterocycles. The molecular weight excluding hydrogens is 234 g/mol. The summed E-state index contributed by atoms with van der Waals surface area (Å²) < 4.78 is 5.29. The molecule has 104 valence electrons. The second-order valence-electron chi connectivity index (χ2n) is 5.86. The summed E-state index contributed by atoms with van der Waals surface area (Å²) in [5.41, 5.74) is 3.91. The third-order valence-electron chi connectivity index (χ3n) is 3.87. The number of benzene rings is 1. The van der Waals surface area contributed by atoms with Gasteiger partial charge in [0.2, 0.25) is 0 Å². The molecule has 0 aromatic heterocycles. The highest BCUT2D eigenvalue weighted by Crippen LogP contribution is 2.28. The first-order valence-corrected chi connectivity index (χ1v) is 7.14. The van der Waals surface area contributed by atoms with Crippen LogP contribution in [0.15, 0.2) is 29.8 Å². The second-order valence-corrected chi connectivity index (χ2v) is 5.86. The van der Waals surface area contributed by atoms with Gasteiger partial charge >= 0.3 is 0 Å². The van der Waals surface area contributed by atoms with E-state index in [0.717, 1.165) is 24.1 Å². The molecule has 0 fully saturated rings. The van der Waals surface area contributed by atoms with Gasteiger partial charge in [-0.1, -0.05) is 18.6 Å². The van der Waals surface area contributed by atoms with Crippen molar-refractivity contribution in [3.8, 4) is 5.75 Å². The molecule has 0 amide bonds. The second kappa shape index (κ2) is 6.14. The molecule has 1 aliphatic carbocycles. The van der Waals surface area contributed by atoms with Gasteiger partial charge in [0.25, 0.3) is 0 Å². The molecule has 0 bridgehead atoms. The molecule has 0 aliphatic heterocycles. The Labute approximate surface area is 116 Å². The molecule has 2 rings (SSSR count). The molecule has 2 nitrogen and oxygen atoms in total. The zero-order valence-electron chi connectivity index (χ0n) is 12.5. The van der Waals surface area contributed by atoms with Crippen molar-refractivity contribution < 1.29 is 4.74 Å². The topological polar surface area (TPSA) is 21.3 Å². The Morgan fingerprint density at radius 1 is 1.32 bits per heavy atom. The van der Waals surface area contributed by atoms with E-state index in [2.05, 4.69) is 44.3 Å². The van der Waals surface area contributed by atoms with Crippen LogP contribution >= 0.6 is 0 Å². The molecule has 1 aromatic rings. The SMILES string of the molecule is COc1ccc(NCC2CC(C)=CC(C)C2)cc1C. The molecular formula is C17H25NO. The van der Waals surface area contributed by atoms with Crippen LogP contribution in [0.5, 0.6) is 5.75 Å². The lowest BCUT2D eigenvalue weighted by Gasteiger charge is -2.26. The van der Waals surface area contributed by atoms with Crippen LogP contribution in [0.4, 0.5) is 5.69 Å². The molecule has 1 N–H and O–H groups in total. The van der Waals surface area contributed by atoms with Crippen molar-refractivity contribution in [2.24, 2.45) is 11.8 Å². The van der Waals surface area contributed by atoms with Crippen LogP contribution in [0.25, 0.3) is 0 Å². The number of allylic oxidation sites excluding steroid dienone is 2. The fourth-order valence-electron chi connectivity index (χ4n) is 3.09. The Bertz CT molecular complexity index is 464. The van der Waals surface area contributed by atoms with Gasteiger partial charge in [0.1, 0.15) is 5.75 Å². The molecule has 0 saturated heterocycles. The molecule has 2 heteroatoms. The molecule has 2 atom stereocenters. The van der Waals surface area contributed by atoms with E-state index >= 15 is 0 Å². The number of nitrogens with one attached hydrogen (secondary N) is 1. The lowest BCUT2D eigenvalue weighted by Crippen LogP contribution is -2.20. The minimum atomic E-state index is 0.721. The molecule has 1 aromatic carbocycles. The van der Waals surface area contributed by atoms with E-state index in [-0.39, 0.29) is 0 Å². The van der Waals surface area contributed by atoms with Crippen molar-refractivity contribution in [1.82, 2.24) is 0 Å². The van der Waals surface area contributed by atoms with Crippen molar-refractivity contribution in [2.75, 3.05) is 19.0 Å². The predicted octanol–water partition coefficient (Wildman–Crippen LogP) is 4.41. The minimum absolute atomic E-state index is 0.721. The first-order valence-electron chi connectivity index (χ1n) is 7.14. The molecule has 0 radical (unpaired) electrons. The van der Waals surface area contributed by atoms with E-state index < -0.39 is 0 Å². The number of aryl methyl sites for hydroxylation is 1. The fourth-order valence-corrected chi connectivity index (χ4v) is 3.09. The average molecular weight is 259 g/mol. The van der Waals surface area contributed by atoms with Gasteiger partial charge in [0.15, 0.2) is 0 Å². The highest BCUT2D eigenvalue weighted by atomic mass is 16.5. The maximum atomic E-state index is 5.29. The standard InChI is InChI=1S/C17H25NO/c1-12-7-13(2)9-15(8-12)11-18-16-5-6-17(19-4)14(3)10-16/h5-7,10,12,15,18H,8-9,11H2,1-4H3. The molecule has 2 unspecified atom stereocenters. The van der Waals surface area contributed by atoms with E-state index in [4.69, 9.17) is 4.74 Å². The highest BCUT2D eigenvalue weighted by Gasteiger charge is 2.17. The minimum Gasteiger partial charge on any atom is -0.496 e. The van der Waals surface area contributed by atoms with Crippen molar-refractivity contribution >= 4 is 5.69 Å². The quantitative estimate of drug-likeness (QED) is 0.809. The van der Waals surface area contributed by atoms with Crippen LogP contribution in [0.2, 0.25) is 0 Å². The van der Waals surface area contributed by atoms with Gasteiger partial charge in [-0.2, -0.15) is 0 Å². The Hall–Kier alpha value is -1.44. The van der Waals surface area contributed by atoms with E-state index in [1.807, 2.05) is 6.07 Å². The third kappa shape index (κ3) is 3.76. The maximum absolute atomic E-state index is 5.29. The first-order chi connectivity index (χ1) is 9.08. The summed E-state index contributed by atoms with van der Waals surface area (Å²) in [6, 6.07) is 6.29. The van der Waals surface area contributed by atoms with Gasteiger partial charge in [-0.05, 0) is 62.3 Å². The summed E-state index contributed by atoms with van der Waals surface area (Å²) in [5, 5.41) is 3.56. The van der Waals surface area contributed by atoms with Crippen LogP contribution in [0, 0.1) is 18.8 Å². The Morgan fingerprint density at radius 2 is 2.11 bits per heavy atom. The zero-order chi connectivity index (χ0) is 13.8. The number of ether oxygens (including phenoxy) is 1. The van der Waals surface area contributed by atoms with Gasteiger partial charge in [-0.15, -0.1) is 0 Å². The van der Waals surface area contributed by atoms with E-state index in [9.17, 15) is 0 Å². The van der Waals surface area contributed by atoms with Crippen LogP contribution in [0.1, 0.15) is 32.3 Å². The van der Waals surface area contributed by atoms with Gasteiger partial charge in [-0.25, -0.2) is 0 Å². The van der Waals surface area contributed by atoms with Crippen molar-refractivity contribution in [3.63, 3.8) is 0 Å². The number of hydrogen-bond donors (Lipinski definition) is 1. The van der Waals surface area contributed by atoms with Gasteiger partial charge in [-0.3, -0.25) is 0 Å². The summed E-state index contributed by atoms with van der Waals surface area (Å²) in [4.78, 5) is 0. The highest BCUT2D eigenvalue weighted by molar-refractivity contribution is 5.50. The van der Waals surface area contributed by atoms with Crippen LogP contribution in [0.3, 0.4) is 0 Å². The summed E-state index contributed by atoms with van der Waals surface area (Å²) in [6.07, 6.45) is 4.93. The zero-order valence-corrected chi connectivity index (χ0v) is 12.5. The summed E-state index contributed by atoms with van der Waals surface area (Å²) in [6.45, 7) is 7.70. The molecule has 0 saturated carbocycles. The number of anilines is 1. The molecule has 19 heavy (non-hydrogen) atoms. The van der Waals surface area contributed by atoms with Crippen molar-refractivity contribution in [2.45, 2.75) is 33.6 Å². The molecule has 0 spiro atoms. The lowest BCUT2D eigenvalue weighted by molar-refractivity contribution is 0.411. The van der Waals surface area contributed by atoms with E-state index in [0.29, 0.717) is 0 Å². The van der Waals surface area contributed by atoms with Crippen LogP contribution < -0.4 is 10.1 Å². The Kier molecular flexibility index (Phi) is 4.52. The maximum Gasteiger partial charge on any atom is 0.121 e. The fraction of sp³-hybridized carbons (Fsp3) is 0.529. The lowest BCUT2D eigenvalue weighted by atomic mass is 9.84. The predicted molar refractivity (Wildman–Crippen MR) is 81.9 cm³/mol. The third-order valence-corrected chi connectivity index (χ3v) is 3.87. The normalized spacial score (nSPS) is 22.8. The van der Waals surface area contributed by atoms with E-state index in [1.54, 1.807) is 7.11 Å².